The van der Waals surface area contributed by atoms with Crippen LogP contribution < -0.4 is 5.32 Å². The number of nitrogens with one attached hydrogen (secondary N) is 1. The minimum Gasteiger partial charge on any atom is -0.368 e. The number of hydrogen-bond acceptors (Lipinski definition) is 3. The SMILES string of the molecule is Cc1nnc(NCCCCc2ccccc2)c2cn(C)c(C)c12. The second-order valence-electron chi connectivity index (χ2n) is 6.12. The molecule has 120 valence electrons. The summed E-state index contributed by atoms with van der Waals surface area (Å²) in [6.07, 6.45) is 5.56. The Bertz CT molecular complexity index is 790. The summed E-state index contributed by atoms with van der Waals surface area (Å²) in [4.78, 5) is 0. The fourth-order valence-corrected chi connectivity index (χ4v) is 3.03. The molecular formula is C19H24N4. The summed E-state index contributed by atoms with van der Waals surface area (Å²) >= 11 is 0. The molecule has 4 heteroatoms. The van der Waals surface area contributed by atoms with Gasteiger partial charge >= 0.3 is 0 Å². The first-order valence-corrected chi connectivity index (χ1v) is 8.23. The second kappa shape index (κ2) is 6.82. The lowest BCUT2D eigenvalue weighted by Gasteiger charge is -2.07. The Kier molecular flexibility index (Phi) is 4.60. The van der Waals surface area contributed by atoms with Crippen molar-refractivity contribution in [3.8, 4) is 0 Å². The summed E-state index contributed by atoms with van der Waals surface area (Å²) in [7, 11) is 2.07. The molecule has 23 heavy (non-hydrogen) atoms. The van der Waals surface area contributed by atoms with Crippen molar-refractivity contribution in [2.24, 2.45) is 7.05 Å². The number of anilines is 1. The van der Waals surface area contributed by atoms with E-state index in [-0.39, 0.29) is 0 Å². The third kappa shape index (κ3) is 3.36. The molecule has 3 rings (SSSR count). The van der Waals surface area contributed by atoms with Crippen molar-refractivity contribution < 1.29 is 0 Å². The number of aromatic nitrogens is 3. The minimum absolute atomic E-state index is 0.897. The molecule has 0 unspecified atom stereocenters. The predicted molar refractivity (Wildman–Crippen MR) is 95.9 cm³/mol. The number of nitrogens with zero attached hydrogens (tertiary/aromatic N) is 3. The van der Waals surface area contributed by atoms with Crippen LogP contribution in [0.15, 0.2) is 36.5 Å². The Morgan fingerprint density at radius 3 is 2.61 bits per heavy atom. The van der Waals surface area contributed by atoms with Crippen molar-refractivity contribution in [1.29, 1.82) is 0 Å². The van der Waals surface area contributed by atoms with E-state index in [1.165, 1.54) is 28.5 Å². The fraction of sp³-hybridized carbons (Fsp3) is 0.368. The van der Waals surface area contributed by atoms with E-state index < -0.39 is 0 Å². The fourth-order valence-electron chi connectivity index (χ4n) is 3.03. The van der Waals surface area contributed by atoms with Gasteiger partial charge in [0.25, 0.3) is 0 Å². The van der Waals surface area contributed by atoms with Crippen LogP contribution in [0.2, 0.25) is 0 Å². The van der Waals surface area contributed by atoms with Gasteiger partial charge in [-0.1, -0.05) is 30.3 Å². The molecule has 3 aromatic rings. The summed E-state index contributed by atoms with van der Waals surface area (Å²) in [5, 5.41) is 14.5. The molecule has 0 bridgehead atoms. The zero-order valence-corrected chi connectivity index (χ0v) is 14.1. The second-order valence-corrected chi connectivity index (χ2v) is 6.12. The van der Waals surface area contributed by atoms with Gasteiger partial charge in [0.2, 0.25) is 0 Å². The van der Waals surface area contributed by atoms with Gasteiger partial charge in [0.15, 0.2) is 5.82 Å². The zero-order chi connectivity index (χ0) is 16.2. The molecule has 4 nitrogen and oxygen atoms in total. The highest BCUT2D eigenvalue weighted by atomic mass is 15.2. The molecule has 1 N–H and O–H groups in total. The summed E-state index contributed by atoms with van der Waals surface area (Å²) in [6.45, 7) is 5.07. The molecule has 0 aliphatic rings. The van der Waals surface area contributed by atoms with Gasteiger partial charge < -0.3 is 9.88 Å². The quantitative estimate of drug-likeness (QED) is 0.699. The molecule has 0 aliphatic carbocycles. The van der Waals surface area contributed by atoms with Crippen molar-refractivity contribution in [2.75, 3.05) is 11.9 Å². The Labute approximate surface area is 137 Å². The lowest BCUT2D eigenvalue weighted by atomic mass is 10.1. The lowest BCUT2D eigenvalue weighted by molar-refractivity contribution is 0.760. The molecule has 0 spiro atoms. The average molecular weight is 308 g/mol. The molecular weight excluding hydrogens is 284 g/mol. The van der Waals surface area contributed by atoms with E-state index in [9.17, 15) is 0 Å². The van der Waals surface area contributed by atoms with Gasteiger partial charge in [-0.05, 0) is 38.7 Å². The van der Waals surface area contributed by atoms with Crippen LogP contribution >= 0.6 is 0 Å². The molecule has 0 saturated carbocycles. The molecule has 0 atom stereocenters. The molecule has 0 aliphatic heterocycles. The standard InChI is InChI=1S/C19H24N4/c1-14-18-15(2)23(3)13-17(18)19(22-21-14)20-12-8-7-11-16-9-5-4-6-10-16/h4-6,9-10,13H,7-8,11-12H2,1-3H3,(H,20,22). The zero-order valence-electron chi connectivity index (χ0n) is 14.1. The van der Waals surface area contributed by atoms with Crippen molar-refractivity contribution in [1.82, 2.24) is 14.8 Å². The van der Waals surface area contributed by atoms with Crippen LogP contribution in [0, 0.1) is 13.8 Å². The van der Waals surface area contributed by atoms with E-state index >= 15 is 0 Å². The molecule has 0 radical (unpaired) electrons. The predicted octanol–water partition coefficient (Wildman–Crippen LogP) is 4.02. The highest BCUT2D eigenvalue weighted by Crippen LogP contribution is 2.27. The van der Waals surface area contributed by atoms with Crippen LogP contribution in [0.5, 0.6) is 0 Å². The van der Waals surface area contributed by atoms with E-state index in [0.717, 1.165) is 30.9 Å². The van der Waals surface area contributed by atoms with Crippen LogP contribution in [0.4, 0.5) is 5.82 Å². The maximum Gasteiger partial charge on any atom is 0.158 e. The van der Waals surface area contributed by atoms with Crippen LogP contribution in [-0.4, -0.2) is 21.3 Å². The largest absolute Gasteiger partial charge is 0.368 e. The van der Waals surface area contributed by atoms with E-state index in [1.54, 1.807) is 0 Å². The summed E-state index contributed by atoms with van der Waals surface area (Å²) in [5.41, 5.74) is 3.64. The van der Waals surface area contributed by atoms with Gasteiger partial charge in [-0.3, -0.25) is 0 Å². The van der Waals surface area contributed by atoms with E-state index in [2.05, 4.69) is 70.6 Å². The highest BCUT2D eigenvalue weighted by molar-refractivity contribution is 5.95. The van der Waals surface area contributed by atoms with Gasteiger partial charge in [0.1, 0.15) is 0 Å². The summed E-state index contributed by atoms with van der Waals surface area (Å²) in [6, 6.07) is 10.6. The number of benzene rings is 1. The molecule has 0 saturated heterocycles. The van der Waals surface area contributed by atoms with Gasteiger partial charge in [0.05, 0.1) is 5.69 Å². The van der Waals surface area contributed by atoms with E-state index in [1.807, 2.05) is 6.92 Å². The number of hydrogen-bond donors (Lipinski definition) is 1. The van der Waals surface area contributed by atoms with Gasteiger partial charge in [0, 0.05) is 36.3 Å². The summed E-state index contributed by atoms with van der Waals surface area (Å²) < 4.78 is 2.14. The molecule has 0 fully saturated rings. The Morgan fingerprint density at radius 2 is 1.83 bits per heavy atom. The van der Waals surface area contributed by atoms with Crippen LogP contribution in [-0.2, 0) is 13.5 Å². The third-order valence-electron chi connectivity index (χ3n) is 4.43. The normalized spacial score (nSPS) is 11.1. The average Bonchev–Trinajstić information content (AvgIpc) is 2.86. The maximum atomic E-state index is 4.34. The van der Waals surface area contributed by atoms with Crippen LogP contribution in [0.3, 0.4) is 0 Å². The Morgan fingerprint density at radius 1 is 1.04 bits per heavy atom. The highest BCUT2D eigenvalue weighted by Gasteiger charge is 2.12. The van der Waals surface area contributed by atoms with Gasteiger partial charge in [-0.2, -0.15) is 5.10 Å². The number of rotatable bonds is 6. The number of aryl methyl sites for hydroxylation is 4. The van der Waals surface area contributed by atoms with Crippen molar-refractivity contribution in [2.45, 2.75) is 33.1 Å². The van der Waals surface area contributed by atoms with Crippen LogP contribution in [0.1, 0.15) is 29.8 Å². The number of fused-ring (bicyclic) bond motifs is 1. The smallest absolute Gasteiger partial charge is 0.158 e. The number of unbranched alkanes of at least 4 members (excludes halogenated alkanes) is 1. The van der Waals surface area contributed by atoms with Crippen molar-refractivity contribution in [3.63, 3.8) is 0 Å². The van der Waals surface area contributed by atoms with E-state index in [4.69, 9.17) is 0 Å². The molecule has 1 aromatic carbocycles. The first-order valence-electron chi connectivity index (χ1n) is 8.23. The van der Waals surface area contributed by atoms with Crippen LogP contribution in [0.25, 0.3) is 10.8 Å². The van der Waals surface area contributed by atoms with Crippen molar-refractivity contribution in [3.05, 3.63) is 53.5 Å². The minimum atomic E-state index is 0.897. The maximum absolute atomic E-state index is 4.34. The lowest BCUT2D eigenvalue weighted by Crippen LogP contribution is -2.05. The summed E-state index contributed by atoms with van der Waals surface area (Å²) in [5.74, 6) is 0.897. The first kappa shape index (κ1) is 15.5. The van der Waals surface area contributed by atoms with Gasteiger partial charge in [-0.15, -0.1) is 5.10 Å². The topological polar surface area (TPSA) is 42.7 Å². The Hall–Kier alpha value is -2.36. The first-order chi connectivity index (χ1) is 11.2. The monoisotopic (exact) mass is 308 g/mol. The van der Waals surface area contributed by atoms with Gasteiger partial charge in [-0.25, -0.2) is 0 Å². The molecule has 0 amide bonds. The molecule has 2 aromatic heterocycles. The van der Waals surface area contributed by atoms with E-state index in [0.29, 0.717) is 0 Å². The Balaban J connectivity index is 1.60. The molecule has 2 heterocycles. The third-order valence-corrected chi connectivity index (χ3v) is 4.43. The van der Waals surface area contributed by atoms with Crippen molar-refractivity contribution >= 4 is 16.6 Å².